The van der Waals surface area contributed by atoms with Gasteiger partial charge in [-0.3, -0.25) is 0 Å². The van der Waals surface area contributed by atoms with Gasteiger partial charge < -0.3 is 14.8 Å². The number of nitrogens with one attached hydrogen (secondary N) is 1. The van der Waals surface area contributed by atoms with Crippen LogP contribution < -0.4 is 5.32 Å². The molecule has 1 unspecified atom stereocenters. The van der Waals surface area contributed by atoms with Crippen molar-refractivity contribution in [2.24, 2.45) is 0 Å². The van der Waals surface area contributed by atoms with Gasteiger partial charge in [0.05, 0.1) is 16.7 Å². The van der Waals surface area contributed by atoms with Crippen molar-refractivity contribution in [1.29, 1.82) is 0 Å². The minimum atomic E-state index is -0.206. The van der Waals surface area contributed by atoms with Gasteiger partial charge in [0.25, 0.3) is 0 Å². The van der Waals surface area contributed by atoms with Crippen LogP contribution in [0.3, 0.4) is 0 Å². The summed E-state index contributed by atoms with van der Waals surface area (Å²) in [5.74, 6) is 0. The van der Waals surface area contributed by atoms with Crippen molar-refractivity contribution in [2.75, 3.05) is 26.9 Å². The van der Waals surface area contributed by atoms with Gasteiger partial charge >= 0.3 is 0 Å². The maximum absolute atomic E-state index is 6.34. The van der Waals surface area contributed by atoms with E-state index in [2.05, 4.69) is 12.2 Å². The van der Waals surface area contributed by atoms with Gasteiger partial charge in [-0.25, -0.2) is 0 Å². The molecule has 0 bridgehead atoms. The second-order valence-corrected chi connectivity index (χ2v) is 6.26. The molecule has 3 nitrogen and oxygen atoms in total. The van der Waals surface area contributed by atoms with E-state index in [9.17, 15) is 0 Å². The summed E-state index contributed by atoms with van der Waals surface area (Å²) in [5, 5.41) is 6.50. The number of hydrogen-bond donors (Lipinski definition) is 1. The zero-order chi connectivity index (χ0) is 13.7. The second kappa shape index (κ2) is 7.04. The first-order valence-corrected chi connectivity index (χ1v) is 8.08. The van der Waals surface area contributed by atoms with E-state index in [1.54, 1.807) is 18.4 Å². The Morgan fingerprint density at radius 3 is 2.79 bits per heavy atom. The third-order valence-corrected chi connectivity index (χ3v) is 5.20. The molecule has 0 spiro atoms. The fourth-order valence-electron chi connectivity index (χ4n) is 2.65. The van der Waals surface area contributed by atoms with Gasteiger partial charge in [0.1, 0.15) is 0 Å². The Kier molecular flexibility index (Phi) is 5.66. The molecule has 108 valence electrons. The largest absolute Gasteiger partial charge is 0.381 e. The fraction of sp³-hybridized carbons (Fsp3) is 0.714. The van der Waals surface area contributed by atoms with Gasteiger partial charge in [0.15, 0.2) is 0 Å². The summed E-state index contributed by atoms with van der Waals surface area (Å²) in [5.41, 5.74) is -0.206. The Balaban J connectivity index is 2.27. The molecule has 5 heteroatoms. The van der Waals surface area contributed by atoms with Crippen molar-refractivity contribution in [3.63, 3.8) is 0 Å². The average molecular weight is 304 g/mol. The van der Waals surface area contributed by atoms with Crippen molar-refractivity contribution in [1.82, 2.24) is 5.32 Å². The van der Waals surface area contributed by atoms with E-state index in [0.29, 0.717) is 0 Å². The molecule has 1 N–H and O–H groups in total. The smallest absolute Gasteiger partial charge is 0.0924 e. The zero-order valence-corrected chi connectivity index (χ0v) is 13.1. The molecular weight excluding hydrogens is 282 g/mol. The lowest BCUT2D eigenvalue weighted by atomic mass is 9.85. The van der Waals surface area contributed by atoms with Crippen molar-refractivity contribution in [3.05, 3.63) is 21.3 Å². The lowest BCUT2D eigenvalue weighted by Gasteiger charge is -2.42. The number of halogens is 1. The first-order valence-electron chi connectivity index (χ1n) is 6.82. The van der Waals surface area contributed by atoms with Gasteiger partial charge in [-0.15, -0.1) is 11.3 Å². The molecule has 19 heavy (non-hydrogen) atoms. The van der Waals surface area contributed by atoms with Crippen LogP contribution in [-0.4, -0.2) is 32.5 Å². The van der Waals surface area contributed by atoms with Crippen LogP contribution in [0, 0.1) is 0 Å². The Hall–Kier alpha value is -0.130. The molecular formula is C14H22ClNO2S. The minimum Gasteiger partial charge on any atom is -0.381 e. The summed E-state index contributed by atoms with van der Waals surface area (Å²) in [6.07, 6.45) is 2.90. The molecule has 1 fully saturated rings. The standard InChI is InChI=1S/C14H22ClNO2S/c1-3-7-16-13(12-11(15)4-10-19-12)14(17-2)5-8-18-9-6-14/h4,10,13,16H,3,5-9H2,1-2H3. The summed E-state index contributed by atoms with van der Waals surface area (Å²) in [6, 6.07) is 2.11. The third-order valence-electron chi connectivity index (χ3n) is 3.78. The van der Waals surface area contributed by atoms with Crippen LogP contribution in [0.1, 0.15) is 37.1 Å². The number of ether oxygens (including phenoxy) is 2. The maximum atomic E-state index is 6.34. The zero-order valence-electron chi connectivity index (χ0n) is 11.6. The quantitative estimate of drug-likeness (QED) is 0.870. The van der Waals surface area contributed by atoms with Crippen LogP contribution in [0.5, 0.6) is 0 Å². The molecule has 1 aliphatic heterocycles. The molecule has 1 aromatic heterocycles. The number of methoxy groups -OCH3 is 1. The maximum Gasteiger partial charge on any atom is 0.0924 e. The summed E-state index contributed by atoms with van der Waals surface area (Å²) in [7, 11) is 1.80. The summed E-state index contributed by atoms with van der Waals surface area (Å²) >= 11 is 8.04. The highest BCUT2D eigenvalue weighted by molar-refractivity contribution is 7.10. The first-order chi connectivity index (χ1) is 9.23. The Bertz CT molecular complexity index is 391. The molecule has 0 amide bonds. The molecule has 1 aromatic rings. The van der Waals surface area contributed by atoms with Gasteiger partial charge in [-0.1, -0.05) is 18.5 Å². The van der Waals surface area contributed by atoms with Crippen LogP contribution in [0.4, 0.5) is 0 Å². The SMILES string of the molecule is CCCNC(c1sccc1Cl)C1(OC)CCOCC1. The van der Waals surface area contributed by atoms with E-state index in [-0.39, 0.29) is 11.6 Å². The Morgan fingerprint density at radius 1 is 1.53 bits per heavy atom. The monoisotopic (exact) mass is 303 g/mol. The van der Waals surface area contributed by atoms with E-state index in [0.717, 1.165) is 44.0 Å². The molecule has 0 saturated carbocycles. The van der Waals surface area contributed by atoms with Crippen LogP contribution in [-0.2, 0) is 9.47 Å². The topological polar surface area (TPSA) is 30.5 Å². The summed E-state index contributed by atoms with van der Waals surface area (Å²) < 4.78 is 11.4. The number of rotatable bonds is 6. The van der Waals surface area contributed by atoms with E-state index in [4.69, 9.17) is 21.1 Å². The molecule has 0 radical (unpaired) electrons. The Morgan fingerprint density at radius 2 is 2.26 bits per heavy atom. The van der Waals surface area contributed by atoms with Gasteiger partial charge in [0.2, 0.25) is 0 Å². The number of hydrogen-bond acceptors (Lipinski definition) is 4. The highest BCUT2D eigenvalue weighted by Crippen LogP contribution is 2.42. The molecule has 1 atom stereocenters. The fourth-order valence-corrected chi connectivity index (χ4v) is 3.99. The van der Waals surface area contributed by atoms with E-state index in [1.807, 2.05) is 11.4 Å². The molecule has 0 aromatic carbocycles. The van der Waals surface area contributed by atoms with E-state index >= 15 is 0 Å². The second-order valence-electron chi connectivity index (χ2n) is 4.90. The molecule has 2 rings (SSSR count). The van der Waals surface area contributed by atoms with E-state index in [1.165, 1.54) is 4.88 Å². The summed E-state index contributed by atoms with van der Waals surface area (Å²) in [6.45, 7) is 4.64. The molecule has 1 saturated heterocycles. The highest BCUT2D eigenvalue weighted by Gasteiger charge is 2.42. The Labute approximate surface area is 124 Å². The molecule has 2 heterocycles. The van der Waals surface area contributed by atoms with Gasteiger partial charge in [-0.05, 0) is 24.4 Å². The number of thiophene rings is 1. The molecule has 0 aliphatic carbocycles. The van der Waals surface area contributed by atoms with Crippen LogP contribution in [0.2, 0.25) is 5.02 Å². The van der Waals surface area contributed by atoms with Crippen molar-refractivity contribution in [2.45, 2.75) is 37.8 Å². The average Bonchev–Trinajstić information content (AvgIpc) is 2.86. The molecule has 1 aliphatic rings. The minimum absolute atomic E-state index is 0.147. The third kappa shape index (κ3) is 3.31. The van der Waals surface area contributed by atoms with Crippen molar-refractivity contribution < 1.29 is 9.47 Å². The predicted molar refractivity (Wildman–Crippen MR) is 80.2 cm³/mol. The predicted octanol–water partition coefficient (Wildman–Crippen LogP) is 3.64. The van der Waals surface area contributed by atoms with Crippen LogP contribution in [0.25, 0.3) is 0 Å². The highest BCUT2D eigenvalue weighted by atomic mass is 35.5. The van der Waals surface area contributed by atoms with Crippen LogP contribution in [0.15, 0.2) is 11.4 Å². The van der Waals surface area contributed by atoms with E-state index < -0.39 is 0 Å². The first kappa shape index (κ1) is 15.3. The van der Waals surface area contributed by atoms with Crippen LogP contribution >= 0.6 is 22.9 Å². The van der Waals surface area contributed by atoms with Gasteiger partial charge in [0, 0.05) is 38.0 Å². The lowest BCUT2D eigenvalue weighted by Crippen LogP contribution is -2.49. The van der Waals surface area contributed by atoms with Crippen molar-refractivity contribution >= 4 is 22.9 Å². The van der Waals surface area contributed by atoms with Crippen molar-refractivity contribution in [3.8, 4) is 0 Å². The van der Waals surface area contributed by atoms with Gasteiger partial charge in [-0.2, -0.15) is 0 Å². The summed E-state index contributed by atoms with van der Waals surface area (Å²) in [4.78, 5) is 1.18. The lowest BCUT2D eigenvalue weighted by molar-refractivity contribution is -0.111. The normalized spacial score (nSPS) is 20.4.